The van der Waals surface area contributed by atoms with Crippen LogP contribution in [-0.2, 0) is 0 Å². The zero-order valence-electron chi connectivity index (χ0n) is 10.5. The van der Waals surface area contributed by atoms with Crippen molar-refractivity contribution >= 4 is 0 Å². The number of aryl methyl sites for hydroxylation is 1. The smallest absolute Gasteiger partial charge is 0.00684 e. The summed E-state index contributed by atoms with van der Waals surface area (Å²) >= 11 is 0. The summed E-state index contributed by atoms with van der Waals surface area (Å²) in [6, 6.07) is 9.65. The Morgan fingerprint density at radius 3 is 2.69 bits per heavy atom. The van der Waals surface area contributed by atoms with E-state index in [1.54, 1.807) is 0 Å². The standard InChI is InChI=1S/C15H23N/c1-3-6-13(11-16-14-9-10-14)15-8-5-4-7-12(15)2/h4-5,7-8,13-14,16H,3,6,9-11H2,1-2H3. The maximum absolute atomic E-state index is 3.67. The lowest BCUT2D eigenvalue weighted by molar-refractivity contribution is 0.540. The molecule has 0 aliphatic heterocycles. The first-order chi connectivity index (χ1) is 7.81. The van der Waals surface area contributed by atoms with Gasteiger partial charge in [0.2, 0.25) is 0 Å². The van der Waals surface area contributed by atoms with E-state index in [0.29, 0.717) is 5.92 Å². The zero-order valence-corrected chi connectivity index (χ0v) is 10.5. The molecule has 1 fully saturated rings. The van der Waals surface area contributed by atoms with E-state index in [4.69, 9.17) is 0 Å². The van der Waals surface area contributed by atoms with E-state index in [-0.39, 0.29) is 0 Å². The highest BCUT2D eigenvalue weighted by Crippen LogP contribution is 2.26. The SMILES string of the molecule is CCCC(CNC1CC1)c1ccccc1C. The van der Waals surface area contributed by atoms with E-state index >= 15 is 0 Å². The van der Waals surface area contributed by atoms with Gasteiger partial charge >= 0.3 is 0 Å². The van der Waals surface area contributed by atoms with Crippen molar-refractivity contribution in [2.75, 3.05) is 6.54 Å². The van der Waals surface area contributed by atoms with Crippen LogP contribution in [0.1, 0.15) is 49.7 Å². The summed E-state index contributed by atoms with van der Waals surface area (Å²) in [7, 11) is 0. The molecule has 1 N–H and O–H groups in total. The van der Waals surface area contributed by atoms with Crippen LogP contribution in [0.15, 0.2) is 24.3 Å². The highest BCUT2D eigenvalue weighted by atomic mass is 14.9. The Kier molecular flexibility index (Phi) is 4.00. The quantitative estimate of drug-likeness (QED) is 0.767. The third-order valence-electron chi connectivity index (χ3n) is 3.50. The maximum Gasteiger partial charge on any atom is 0.00684 e. The molecule has 0 aromatic heterocycles. The maximum atomic E-state index is 3.67. The Balaban J connectivity index is 2.01. The largest absolute Gasteiger partial charge is 0.313 e. The van der Waals surface area contributed by atoms with Crippen LogP contribution in [0.3, 0.4) is 0 Å². The molecule has 1 saturated carbocycles. The number of rotatable bonds is 6. The average Bonchev–Trinajstić information content (AvgIpc) is 3.09. The van der Waals surface area contributed by atoms with Gasteiger partial charge < -0.3 is 5.32 Å². The van der Waals surface area contributed by atoms with Crippen LogP contribution in [-0.4, -0.2) is 12.6 Å². The van der Waals surface area contributed by atoms with Crippen LogP contribution in [0.4, 0.5) is 0 Å². The Hall–Kier alpha value is -0.820. The topological polar surface area (TPSA) is 12.0 Å². The summed E-state index contributed by atoms with van der Waals surface area (Å²) in [5.41, 5.74) is 2.98. The fourth-order valence-electron chi connectivity index (χ4n) is 2.36. The molecule has 16 heavy (non-hydrogen) atoms. The summed E-state index contributed by atoms with van der Waals surface area (Å²) in [4.78, 5) is 0. The van der Waals surface area contributed by atoms with E-state index in [0.717, 1.165) is 12.6 Å². The van der Waals surface area contributed by atoms with Gasteiger partial charge in [0, 0.05) is 12.6 Å². The Labute approximate surface area is 99.3 Å². The third-order valence-corrected chi connectivity index (χ3v) is 3.50. The van der Waals surface area contributed by atoms with Crippen LogP contribution in [0.25, 0.3) is 0 Å². The molecule has 0 spiro atoms. The Morgan fingerprint density at radius 1 is 1.31 bits per heavy atom. The molecule has 1 aliphatic carbocycles. The monoisotopic (exact) mass is 217 g/mol. The first kappa shape index (κ1) is 11.7. The molecule has 0 saturated heterocycles. The minimum absolute atomic E-state index is 0.701. The molecule has 1 aromatic carbocycles. The van der Waals surface area contributed by atoms with Gasteiger partial charge in [-0.3, -0.25) is 0 Å². The molecule has 1 unspecified atom stereocenters. The van der Waals surface area contributed by atoms with Gasteiger partial charge in [-0.15, -0.1) is 0 Å². The second-order valence-corrected chi connectivity index (χ2v) is 5.02. The lowest BCUT2D eigenvalue weighted by Gasteiger charge is -2.19. The Bertz CT molecular complexity index is 328. The second kappa shape index (κ2) is 5.49. The normalized spacial score (nSPS) is 17.4. The fraction of sp³-hybridized carbons (Fsp3) is 0.600. The predicted octanol–water partition coefficient (Wildman–Crippen LogP) is 3.63. The third kappa shape index (κ3) is 3.08. The summed E-state index contributed by atoms with van der Waals surface area (Å²) in [5, 5.41) is 3.67. The van der Waals surface area contributed by atoms with Gasteiger partial charge in [0.15, 0.2) is 0 Å². The van der Waals surface area contributed by atoms with Crippen molar-refractivity contribution in [1.29, 1.82) is 0 Å². The summed E-state index contributed by atoms with van der Waals surface area (Å²) in [5.74, 6) is 0.701. The molecule has 0 bridgehead atoms. The highest BCUT2D eigenvalue weighted by Gasteiger charge is 2.22. The number of nitrogens with one attached hydrogen (secondary N) is 1. The van der Waals surface area contributed by atoms with Crippen LogP contribution in [0, 0.1) is 6.92 Å². The van der Waals surface area contributed by atoms with E-state index in [1.165, 1.54) is 36.8 Å². The fourth-order valence-corrected chi connectivity index (χ4v) is 2.36. The average molecular weight is 217 g/mol. The molecule has 1 heteroatoms. The molecule has 88 valence electrons. The number of hydrogen-bond donors (Lipinski definition) is 1. The molecular formula is C15H23N. The molecule has 0 heterocycles. The number of hydrogen-bond acceptors (Lipinski definition) is 1. The lowest BCUT2D eigenvalue weighted by atomic mass is 9.91. The van der Waals surface area contributed by atoms with Gasteiger partial charge in [-0.1, -0.05) is 37.6 Å². The molecule has 2 rings (SSSR count). The van der Waals surface area contributed by atoms with Gasteiger partial charge in [-0.25, -0.2) is 0 Å². The van der Waals surface area contributed by atoms with Gasteiger partial charge in [0.1, 0.15) is 0 Å². The minimum atomic E-state index is 0.701. The van der Waals surface area contributed by atoms with Crippen molar-refractivity contribution in [3.63, 3.8) is 0 Å². The first-order valence-corrected chi connectivity index (χ1v) is 6.60. The van der Waals surface area contributed by atoms with Crippen molar-refractivity contribution in [3.05, 3.63) is 35.4 Å². The lowest BCUT2D eigenvalue weighted by Crippen LogP contribution is -2.24. The van der Waals surface area contributed by atoms with E-state index in [2.05, 4.69) is 43.4 Å². The zero-order chi connectivity index (χ0) is 11.4. The van der Waals surface area contributed by atoms with Gasteiger partial charge in [-0.05, 0) is 43.2 Å². The van der Waals surface area contributed by atoms with Crippen molar-refractivity contribution in [2.45, 2.75) is 51.5 Å². The summed E-state index contributed by atoms with van der Waals surface area (Å²) < 4.78 is 0. The molecule has 1 atom stereocenters. The van der Waals surface area contributed by atoms with Gasteiger partial charge in [0.05, 0.1) is 0 Å². The second-order valence-electron chi connectivity index (χ2n) is 5.02. The van der Waals surface area contributed by atoms with E-state index in [9.17, 15) is 0 Å². The Morgan fingerprint density at radius 2 is 2.06 bits per heavy atom. The first-order valence-electron chi connectivity index (χ1n) is 6.60. The number of benzene rings is 1. The molecule has 1 aliphatic rings. The van der Waals surface area contributed by atoms with Crippen LogP contribution in [0.5, 0.6) is 0 Å². The van der Waals surface area contributed by atoms with Crippen LogP contribution >= 0.6 is 0 Å². The van der Waals surface area contributed by atoms with Crippen LogP contribution in [0.2, 0.25) is 0 Å². The minimum Gasteiger partial charge on any atom is -0.313 e. The molecule has 0 radical (unpaired) electrons. The summed E-state index contributed by atoms with van der Waals surface area (Å²) in [6.45, 7) is 5.67. The summed E-state index contributed by atoms with van der Waals surface area (Å²) in [6.07, 6.45) is 5.33. The van der Waals surface area contributed by atoms with Crippen molar-refractivity contribution in [2.24, 2.45) is 0 Å². The van der Waals surface area contributed by atoms with E-state index in [1.807, 2.05) is 0 Å². The van der Waals surface area contributed by atoms with Crippen molar-refractivity contribution < 1.29 is 0 Å². The molecule has 0 amide bonds. The van der Waals surface area contributed by atoms with Gasteiger partial charge in [-0.2, -0.15) is 0 Å². The van der Waals surface area contributed by atoms with Crippen LogP contribution < -0.4 is 5.32 Å². The highest BCUT2D eigenvalue weighted by molar-refractivity contribution is 5.29. The molecule has 1 aromatic rings. The predicted molar refractivity (Wildman–Crippen MR) is 69.9 cm³/mol. The van der Waals surface area contributed by atoms with Gasteiger partial charge in [0.25, 0.3) is 0 Å². The van der Waals surface area contributed by atoms with Crippen molar-refractivity contribution in [1.82, 2.24) is 5.32 Å². The van der Waals surface area contributed by atoms with E-state index < -0.39 is 0 Å². The molecular weight excluding hydrogens is 194 g/mol. The molecule has 1 nitrogen and oxygen atoms in total. The van der Waals surface area contributed by atoms with Crippen molar-refractivity contribution in [3.8, 4) is 0 Å².